The van der Waals surface area contributed by atoms with E-state index in [4.69, 9.17) is 5.73 Å². The van der Waals surface area contributed by atoms with Crippen LogP contribution in [0.25, 0.3) is 11.2 Å². The molecule has 3 aromatic rings. The number of rotatable bonds is 3. The summed E-state index contributed by atoms with van der Waals surface area (Å²) >= 11 is 0. The first kappa shape index (κ1) is 10.9. The number of H-pyrrole nitrogens is 1. The molecule has 0 bridgehead atoms. The molecule has 0 spiro atoms. The van der Waals surface area contributed by atoms with Gasteiger partial charge in [-0.3, -0.25) is 0 Å². The Morgan fingerprint density at radius 2 is 1.89 bits per heavy atom. The maximum absolute atomic E-state index is 5.74. The van der Waals surface area contributed by atoms with E-state index in [0.29, 0.717) is 6.54 Å². The molecule has 0 fully saturated rings. The Kier molecular flexibility index (Phi) is 2.78. The lowest BCUT2D eigenvalue weighted by atomic mass is 10.0. The van der Waals surface area contributed by atoms with Crippen molar-refractivity contribution in [3.05, 3.63) is 59.5 Å². The van der Waals surface area contributed by atoms with E-state index >= 15 is 0 Å². The lowest BCUT2D eigenvalue weighted by molar-refractivity contribution is 0.976. The van der Waals surface area contributed by atoms with E-state index in [1.807, 2.05) is 24.3 Å². The normalized spacial score (nSPS) is 10.9. The minimum absolute atomic E-state index is 0.550. The number of hydrogen-bond donors (Lipinski definition) is 2. The lowest BCUT2D eigenvalue weighted by Crippen LogP contribution is -2.02. The molecule has 3 N–H and O–H groups in total. The Hall–Kier alpha value is -2.20. The van der Waals surface area contributed by atoms with Gasteiger partial charge in [0, 0.05) is 19.2 Å². The zero-order valence-electron chi connectivity index (χ0n) is 9.93. The number of nitrogens with two attached hydrogens (primary N) is 1. The molecule has 90 valence electrons. The van der Waals surface area contributed by atoms with Crippen molar-refractivity contribution in [2.45, 2.75) is 13.0 Å². The standard InChI is InChI=1S/C14H14N4/c15-9-11-5-2-1-4-10(11)8-13-17-12-6-3-7-16-14(12)18-13/h1-7H,8-9,15H2,(H,16,17,18). The maximum Gasteiger partial charge on any atom is 0.177 e. The summed E-state index contributed by atoms with van der Waals surface area (Å²) in [6.07, 6.45) is 2.50. The van der Waals surface area contributed by atoms with Crippen LogP contribution >= 0.6 is 0 Å². The Morgan fingerprint density at radius 3 is 2.67 bits per heavy atom. The van der Waals surface area contributed by atoms with E-state index in [9.17, 15) is 0 Å². The third kappa shape index (κ3) is 1.98. The molecule has 3 rings (SSSR count). The minimum Gasteiger partial charge on any atom is -0.340 e. The summed E-state index contributed by atoms with van der Waals surface area (Å²) < 4.78 is 0. The third-order valence-corrected chi connectivity index (χ3v) is 3.00. The quantitative estimate of drug-likeness (QED) is 0.733. The molecular weight excluding hydrogens is 224 g/mol. The predicted octanol–water partition coefficient (Wildman–Crippen LogP) is 2.01. The smallest absolute Gasteiger partial charge is 0.177 e. The second-order valence-electron chi connectivity index (χ2n) is 4.21. The second kappa shape index (κ2) is 4.58. The molecule has 0 saturated heterocycles. The summed E-state index contributed by atoms with van der Waals surface area (Å²) in [5.41, 5.74) is 9.83. The van der Waals surface area contributed by atoms with E-state index < -0.39 is 0 Å². The van der Waals surface area contributed by atoms with Crippen LogP contribution in [0.2, 0.25) is 0 Å². The molecule has 0 unspecified atom stereocenters. The average molecular weight is 238 g/mol. The summed E-state index contributed by atoms with van der Waals surface area (Å²) in [6, 6.07) is 12.0. The highest BCUT2D eigenvalue weighted by Crippen LogP contribution is 2.14. The fourth-order valence-electron chi connectivity index (χ4n) is 2.09. The maximum atomic E-state index is 5.74. The number of aromatic nitrogens is 3. The number of pyridine rings is 1. The van der Waals surface area contributed by atoms with Crippen LogP contribution in [0.5, 0.6) is 0 Å². The first-order valence-corrected chi connectivity index (χ1v) is 5.93. The van der Waals surface area contributed by atoms with E-state index in [-0.39, 0.29) is 0 Å². The van der Waals surface area contributed by atoms with Crippen LogP contribution in [0.1, 0.15) is 17.0 Å². The molecule has 0 amide bonds. The Bertz CT molecular complexity index is 639. The van der Waals surface area contributed by atoms with Gasteiger partial charge in [-0.15, -0.1) is 0 Å². The first-order chi connectivity index (χ1) is 8.86. The van der Waals surface area contributed by atoms with Gasteiger partial charge in [-0.05, 0) is 23.3 Å². The Morgan fingerprint density at radius 1 is 1.06 bits per heavy atom. The number of fused-ring (bicyclic) bond motifs is 1. The van der Waals surface area contributed by atoms with Gasteiger partial charge in [0.05, 0.1) is 5.52 Å². The fraction of sp³-hybridized carbons (Fsp3) is 0.143. The zero-order chi connectivity index (χ0) is 12.4. The lowest BCUT2D eigenvalue weighted by Gasteiger charge is -2.04. The van der Waals surface area contributed by atoms with Crippen molar-refractivity contribution in [1.82, 2.24) is 15.0 Å². The molecule has 0 aliphatic rings. The molecule has 0 aliphatic carbocycles. The van der Waals surface area contributed by atoms with Gasteiger partial charge in [0.1, 0.15) is 5.82 Å². The highest BCUT2D eigenvalue weighted by molar-refractivity contribution is 5.70. The van der Waals surface area contributed by atoms with Crippen molar-refractivity contribution in [3.8, 4) is 0 Å². The Balaban J connectivity index is 1.96. The van der Waals surface area contributed by atoms with Gasteiger partial charge in [0.2, 0.25) is 0 Å². The predicted molar refractivity (Wildman–Crippen MR) is 71.0 cm³/mol. The molecular formula is C14H14N4. The van der Waals surface area contributed by atoms with Gasteiger partial charge >= 0.3 is 0 Å². The number of nitrogens with zero attached hydrogens (tertiary/aromatic N) is 2. The summed E-state index contributed by atoms with van der Waals surface area (Å²) in [7, 11) is 0. The van der Waals surface area contributed by atoms with Crippen LogP contribution in [0.3, 0.4) is 0 Å². The molecule has 2 heterocycles. The second-order valence-corrected chi connectivity index (χ2v) is 4.21. The minimum atomic E-state index is 0.550. The van der Waals surface area contributed by atoms with Gasteiger partial charge in [-0.1, -0.05) is 24.3 Å². The SMILES string of the molecule is NCc1ccccc1Cc1nc2ncccc2[nH]1. The highest BCUT2D eigenvalue weighted by atomic mass is 15.0. The highest BCUT2D eigenvalue weighted by Gasteiger charge is 2.06. The van der Waals surface area contributed by atoms with Crippen LogP contribution in [0, 0.1) is 0 Å². The van der Waals surface area contributed by atoms with Gasteiger partial charge < -0.3 is 10.7 Å². The summed E-state index contributed by atoms with van der Waals surface area (Å²) in [4.78, 5) is 12.0. The zero-order valence-corrected chi connectivity index (χ0v) is 9.93. The molecule has 18 heavy (non-hydrogen) atoms. The van der Waals surface area contributed by atoms with Gasteiger partial charge in [-0.2, -0.15) is 0 Å². The number of hydrogen-bond acceptors (Lipinski definition) is 3. The van der Waals surface area contributed by atoms with E-state index in [2.05, 4.69) is 27.1 Å². The van der Waals surface area contributed by atoms with Crippen LogP contribution in [0.4, 0.5) is 0 Å². The van der Waals surface area contributed by atoms with Crippen molar-refractivity contribution in [1.29, 1.82) is 0 Å². The molecule has 0 radical (unpaired) electrons. The van der Waals surface area contributed by atoms with Crippen molar-refractivity contribution in [2.24, 2.45) is 5.73 Å². The average Bonchev–Trinajstić information content (AvgIpc) is 2.81. The largest absolute Gasteiger partial charge is 0.340 e. The first-order valence-electron chi connectivity index (χ1n) is 5.93. The topological polar surface area (TPSA) is 67.6 Å². The van der Waals surface area contributed by atoms with E-state index in [1.54, 1.807) is 6.20 Å². The molecule has 1 aromatic carbocycles. The summed E-state index contributed by atoms with van der Waals surface area (Å²) in [5, 5.41) is 0. The number of benzene rings is 1. The van der Waals surface area contributed by atoms with Crippen molar-refractivity contribution < 1.29 is 0 Å². The molecule has 2 aromatic heterocycles. The number of aromatic amines is 1. The molecule has 4 nitrogen and oxygen atoms in total. The van der Waals surface area contributed by atoms with Gasteiger partial charge in [0.15, 0.2) is 5.65 Å². The monoisotopic (exact) mass is 238 g/mol. The Labute approximate surface area is 105 Å². The van der Waals surface area contributed by atoms with Crippen LogP contribution in [-0.4, -0.2) is 15.0 Å². The number of imidazole rings is 1. The molecule has 0 atom stereocenters. The van der Waals surface area contributed by atoms with E-state index in [1.165, 1.54) is 5.56 Å². The third-order valence-electron chi connectivity index (χ3n) is 3.00. The van der Waals surface area contributed by atoms with Crippen molar-refractivity contribution >= 4 is 11.2 Å². The van der Waals surface area contributed by atoms with E-state index in [0.717, 1.165) is 29.0 Å². The summed E-state index contributed by atoms with van der Waals surface area (Å²) in [5.74, 6) is 0.921. The van der Waals surface area contributed by atoms with Crippen molar-refractivity contribution in [2.75, 3.05) is 0 Å². The fourth-order valence-corrected chi connectivity index (χ4v) is 2.09. The van der Waals surface area contributed by atoms with Crippen LogP contribution in [0.15, 0.2) is 42.6 Å². The summed E-state index contributed by atoms with van der Waals surface area (Å²) in [6.45, 7) is 0.550. The molecule has 0 saturated carbocycles. The molecule has 4 heteroatoms. The van der Waals surface area contributed by atoms with Gasteiger partial charge in [-0.25, -0.2) is 9.97 Å². The van der Waals surface area contributed by atoms with Crippen molar-refractivity contribution in [3.63, 3.8) is 0 Å². The van der Waals surface area contributed by atoms with Crippen LogP contribution in [-0.2, 0) is 13.0 Å². The van der Waals surface area contributed by atoms with Crippen LogP contribution < -0.4 is 5.73 Å². The number of nitrogens with one attached hydrogen (secondary N) is 1. The molecule has 0 aliphatic heterocycles. The van der Waals surface area contributed by atoms with Gasteiger partial charge in [0.25, 0.3) is 0 Å².